The van der Waals surface area contributed by atoms with E-state index in [-0.39, 0.29) is 23.0 Å². The predicted octanol–water partition coefficient (Wildman–Crippen LogP) is 16.2. The lowest BCUT2D eigenvalue weighted by Gasteiger charge is -2.44. The van der Waals surface area contributed by atoms with Crippen LogP contribution in [-0.2, 0) is 16.2 Å². The molecule has 0 amide bonds. The Bertz CT molecular complexity index is 3420. The number of thiophene rings is 1. The first kappa shape index (κ1) is 43.3. The minimum Gasteiger partial charge on any atom is -0.440 e. The normalized spacial score (nSPS) is 13.7. The molecule has 4 heterocycles. The highest BCUT2D eigenvalue weighted by molar-refractivity contribution is 7.22. The molecule has 0 unspecified atom stereocenters. The van der Waals surface area contributed by atoms with Gasteiger partial charge in [-0.3, -0.25) is 4.90 Å². The Kier molecular flexibility index (Phi) is 9.76. The van der Waals surface area contributed by atoms with E-state index in [9.17, 15) is 0 Å². The molecule has 3 nitrogen and oxygen atoms in total. The van der Waals surface area contributed by atoms with Gasteiger partial charge in [-0.1, -0.05) is 147 Å². The summed E-state index contributed by atoms with van der Waals surface area (Å²) >= 11 is 1.88. The summed E-state index contributed by atoms with van der Waals surface area (Å²) in [5, 5.41) is 2.46. The van der Waals surface area contributed by atoms with Crippen LogP contribution in [0.1, 0.15) is 101 Å². The van der Waals surface area contributed by atoms with E-state index >= 15 is 0 Å². The number of nitrogens with zero attached hydrogens (tertiary/aromatic N) is 2. The molecule has 0 radical (unpaired) electrons. The van der Waals surface area contributed by atoms with E-state index in [0.29, 0.717) is 0 Å². The summed E-state index contributed by atoms with van der Waals surface area (Å²) in [4.78, 5) is 6.40. The van der Waals surface area contributed by atoms with Crippen molar-refractivity contribution in [3.05, 3.63) is 172 Å². The van der Waals surface area contributed by atoms with Crippen LogP contribution in [0.15, 0.2) is 138 Å². The van der Waals surface area contributed by atoms with Gasteiger partial charge in [0.15, 0.2) is 0 Å². The van der Waals surface area contributed by atoms with E-state index in [2.05, 4.69) is 233 Å². The number of anilines is 6. The van der Waals surface area contributed by atoms with Gasteiger partial charge in [0, 0.05) is 43.1 Å². The lowest BCUT2D eigenvalue weighted by molar-refractivity contribution is 0.588. The summed E-state index contributed by atoms with van der Waals surface area (Å²) in [6.07, 6.45) is 0. The molecule has 0 aliphatic carbocycles. The van der Waals surface area contributed by atoms with Crippen LogP contribution in [0.25, 0.3) is 42.6 Å². The molecule has 11 rings (SSSR count). The summed E-state index contributed by atoms with van der Waals surface area (Å²) in [6, 6.07) is 51.0. The van der Waals surface area contributed by atoms with Gasteiger partial charge in [0.25, 0.3) is 6.71 Å². The van der Waals surface area contributed by atoms with Crippen LogP contribution in [0, 0.1) is 27.7 Å². The largest absolute Gasteiger partial charge is 0.440 e. The highest BCUT2D eigenvalue weighted by Gasteiger charge is 2.47. The lowest BCUT2D eigenvalue weighted by atomic mass is 9.33. The molecule has 0 bridgehead atoms. The van der Waals surface area contributed by atoms with Crippen molar-refractivity contribution in [3.63, 3.8) is 0 Å². The van der Waals surface area contributed by atoms with Gasteiger partial charge >= 0.3 is 0 Å². The topological polar surface area (TPSA) is 19.6 Å². The van der Waals surface area contributed by atoms with Gasteiger partial charge in [-0.2, -0.15) is 0 Å². The van der Waals surface area contributed by atoms with Crippen LogP contribution < -0.4 is 26.2 Å². The number of fused-ring (bicyclic) bond motifs is 7. The number of hydrogen-bond donors (Lipinski definition) is 0. The highest BCUT2D eigenvalue weighted by Crippen LogP contribution is 2.51. The van der Waals surface area contributed by atoms with Gasteiger partial charge in [0.1, 0.15) is 5.58 Å². The first-order valence-electron chi connectivity index (χ1n) is 24.0. The monoisotopic (exact) mass is 892 g/mol. The van der Waals surface area contributed by atoms with Gasteiger partial charge < -0.3 is 9.32 Å². The van der Waals surface area contributed by atoms with Crippen molar-refractivity contribution in [1.29, 1.82) is 0 Å². The van der Waals surface area contributed by atoms with E-state index in [1.54, 1.807) is 0 Å². The van der Waals surface area contributed by atoms with Gasteiger partial charge in [-0.25, -0.2) is 0 Å². The maximum Gasteiger partial charge on any atom is 0.257 e. The fraction of sp³-hybridized carbons (Fsp3) is 0.258. The minimum atomic E-state index is -0.113. The number of benzene rings is 7. The van der Waals surface area contributed by atoms with E-state index in [1.165, 1.54) is 121 Å². The molecule has 2 aromatic heterocycles. The molecular formula is C62H61BN2OS. The molecule has 0 saturated heterocycles. The number of furan rings is 1. The van der Waals surface area contributed by atoms with E-state index in [0.717, 1.165) is 11.5 Å². The zero-order valence-corrected chi connectivity index (χ0v) is 42.3. The molecule has 0 spiro atoms. The third-order valence-electron chi connectivity index (χ3n) is 14.5. The van der Waals surface area contributed by atoms with Crippen LogP contribution in [0.2, 0.25) is 0 Å². The zero-order chi connectivity index (χ0) is 47.1. The van der Waals surface area contributed by atoms with Gasteiger partial charge in [0.2, 0.25) is 5.88 Å². The molecule has 2 aliphatic heterocycles. The average Bonchev–Trinajstić information content (AvgIpc) is 3.88. The van der Waals surface area contributed by atoms with E-state index in [1.807, 2.05) is 11.3 Å². The summed E-state index contributed by atoms with van der Waals surface area (Å²) < 4.78 is 8.66. The molecule has 7 aromatic carbocycles. The van der Waals surface area contributed by atoms with Crippen molar-refractivity contribution in [2.24, 2.45) is 0 Å². The van der Waals surface area contributed by atoms with Crippen LogP contribution >= 0.6 is 11.3 Å². The predicted molar refractivity (Wildman–Crippen MR) is 292 cm³/mol. The standard InChI is InChI=1S/C62H61BN2OS/c1-36-27-50-56-51(28-36)65(57-37(2)29-44(30-38(57)3)61(8,9)10)59-55(47-34-43(60(5,6)7)24-26-52(47)66-59)63(56)48-32-42(54-33-41-21-17-18-22-53(41)67-54)23-25-49(48)64(50)58-39(4)31-45(62(11,12)13)35-46(58)40-19-15-14-16-20-40/h14-35H,1-13H3. The first-order valence-corrected chi connectivity index (χ1v) is 24.8. The Morgan fingerprint density at radius 2 is 1.10 bits per heavy atom. The van der Waals surface area contributed by atoms with Crippen molar-refractivity contribution in [2.45, 2.75) is 106 Å². The quantitative estimate of drug-likeness (QED) is 0.164. The summed E-state index contributed by atoms with van der Waals surface area (Å²) in [6.45, 7) is 29.9. The van der Waals surface area contributed by atoms with Crippen LogP contribution in [0.5, 0.6) is 0 Å². The molecule has 67 heavy (non-hydrogen) atoms. The summed E-state index contributed by atoms with van der Waals surface area (Å²) in [5.74, 6) is 0.909. The Labute approximate surface area is 402 Å². The number of rotatable bonds is 4. The second kappa shape index (κ2) is 15.1. The SMILES string of the molecule is Cc1cc2c3c(c1)N(c1c(C)cc(C(C)(C)C)cc1C)c1oc4ccc(C(C)(C)C)cc4c1B3c1cc(-c3cc4ccccc4s3)ccc1N2c1c(C)cc(C(C)(C)C)cc1-c1ccccc1. The smallest absolute Gasteiger partial charge is 0.257 e. The van der Waals surface area contributed by atoms with Crippen molar-refractivity contribution in [1.82, 2.24) is 0 Å². The zero-order valence-electron chi connectivity index (χ0n) is 41.5. The molecule has 0 fully saturated rings. The minimum absolute atomic E-state index is 0.00458. The van der Waals surface area contributed by atoms with Gasteiger partial charge in [0.05, 0.1) is 11.4 Å². The molecule has 9 aromatic rings. The Morgan fingerprint density at radius 1 is 0.493 bits per heavy atom. The average molecular weight is 893 g/mol. The molecule has 0 N–H and O–H groups in total. The van der Waals surface area contributed by atoms with Crippen molar-refractivity contribution >= 4 is 89.8 Å². The van der Waals surface area contributed by atoms with E-state index in [4.69, 9.17) is 4.42 Å². The molecule has 0 atom stereocenters. The van der Waals surface area contributed by atoms with Gasteiger partial charge in [-0.05, 0) is 159 Å². The summed E-state index contributed by atoms with van der Waals surface area (Å²) in [5.41, 5.74) is 23.2. The van der Waals surface area contributed by atoms with E-state index < -0.39 is 0 Å². The fourth-order valence-electron chi connectivity index (χ4n) is 11.0. The highest BCUT2D eigenvalue weighted by atomic mass is 32.1. The maximum absolute atomic E-state index is 7.36. The fourth-order valence-corrected chi connectivity index (χ4v) is 12.0. The van der Waals surface area contributed by atoms with Crippen molar-refractivity contribution in [3.8, 4) is 21.6 Å². The maximum atomic E-state index is 7.36. The van der Waals surface area contributed by atoms with Crippen molar-refractivity contribution in [2.75, 3.05) is 9.80 Å². The van der Waals surface area contributed by atoms with Crippen LogP contribution in [0.3, 0.4) is 0 Å². The Morgan fingerprint density at radius 3 is 1.76 bits per heavy atom. The molecule has 334 valence electrons. The lowest BCUT2D eigenvalue weighted by Crippen LogP contribution is -2.61. The van der Waals surface area contributed by atoms with Crippen LogP contribution in [-0.4, -0.2) is 6.71 Å². The molecule has 5 heteroatoms. The second-order valence-electron chi connectivity index (χ2n) is 22.5. The molecular weight excluding hydrogens is 832 g/mol. The third-order valence-corrected chi connectivity index (χ3v) is 15.6. The number of aryl methyl sites for hydroxylation is 4. The van der Waals surface area contributed by atoms with Crippen LogP contribution in [0.4, 0.5) is 34.3 Å². The molecule has 0 saturated carbocycles. The Balaban J connectivity index is 1.29. The summed E-state index contributed by atoms with van der Waals surface area (Å²) in [7, 11) is 0. The van der Waals surface area contributed by atoms with Crippen molar-refractivity contribution < 1.29 is 4.42 Å². The molecule has 2 aliphatic rings. The third kappa shape index (κ3) is 6.99. The number of hydrogen-bond acceptors (Lipinski definition) is 4. The second-order valence-corrected chi connectivity index (χ2v) is 23.6. The van der Waals surface area contributed by atoms with Gasteiger partial charge in [-0.15, -0.1) is 11.3 Å². The first-order chi connectivity index (χ1) is 31.8. The Hall–Kier alpha value is -6.30.